The van der Waals surface area contributed by atoms with E-state index < -0.39 is 0 Å². The number of hydrogen-bond acceptors (Lipinski definition) is 4. The topological polar surface area (TPSA) is 71.8 Å². The van der Waals surface area contributed by atoms with Crippen LogP contribution in [0.15, 0.2) is 46.5 Å². The van der Waals surface area contributed by atoms with Crippen molar-refractivity contribution in [2.24, 2.45) is 5.73 Å². The monoisotopic (exact) mass is 265 g/mol. The van der Waals surface area contributed by atoms with E-state index in [4.69, 9.17) is 5.73 Å². The first kappa shape index (κ1) is 12.8. The molecular formula is C12H12FN3OS. The number of aromatic nitrogens is 2. The smallest absolute Gasteiger partial charge is 0.251 e. The minimum absolute atomic E-state index is 0.147. The number of H-pyrrole nitrogens is 1. The van der Waals surface area contributed by atoms with Gasteiger partial charge in [0.25, 0.3) is 5.56 Å². The molecule has 0 saturated heterocycles. The van der Waals surface area contributed by atoms with Crippen molar-refractivity contribution in [2.45, 2.75) is 10.4 Å². The number of rotatable bonds is 4. The molecule has 6 heteroatoms. The van der Waals surface area contributed by atoms with E-state index in [0.29, 0.717) is 11.7 Å². The molecule has 0 bridgehead atoms. The fourth-order valence-electron chi connectivity index (χ4n) is 1.51. The molecule has 0 aliphatic carbocycles. The molecule has 94 valence electrons. The second-order valence-corrected chi connectivity index (χ2v) is 4.83. The number of nitrogens with zero attached hydrogens (tertiary/aromatic N) is 1. The first-order valence-corrected chi connectivity index (χ1v) is 6.24. The lowest BCUT2D eigenvalue weighted by Gasteiger charge is -2.13. The molecule has 2 aromatic rings. The Morgan fingerprint density at radius 2 is 2.28 bits per heavy atom. The second-order valence-electron chi connectivity index (χ2n) is 3.64. The number of thioether (sulfide) groups is 1. The lowest BCUT2D eigenvalue weighted by atomic mass is 10.1. The third-order valence-electron chi connectivity index (χ3n) is 2.34. The molecule has 0 saturated carbocycles. The van der Waals surface area contributed by atoms with Crippen molar-refractivity contribution in [2.75, 3.05) is 6.54 Å². The van der Waals surface area contributed by atoms with Crippen LogP contribution < -0.4 is 11.3 Å². The molecule has 1 unspecified atom stereocenters. The average Bonchev–Trinajstić information content (AvgIpc) is 2.36. The number of halogens is 1. The highest BCUT2D eigenvalue weighted by Crippen LogP contribution is 2.31. The lowest BCUT2D eigenvalue weighted by Crippen LogP contribution is -2.12. The summed E-state index contributed by atoms with van der Waals surface area (Å²) in [6, 6.07) is 7.59. The van der Waals surface area contributed by atoms with Crippen LogP contribution in [-0.2, 0) is 0 Å². The van der Waals surface area contributed by atoms with Gasteiger partial charge in [-0.15, -0.1) is 0 Å². The summed E-state index contributed by atoms with van der Waals surface area (Å²) in [5.41, 5.74) is 6.23. The summed E-state index contributed by atoms with van der Waals surface area (Å²) in [4.78, 5) is 17.8. The van der Waals surface area contributed by atoms with Crippen LogP contribution >= 0.6 is 11.8 Å². The maximum Gasteiger partial charge on any atom is 0.251 e. The van der Waals surface area contributed by atoms with Gasteiger partial charge in [0, 0.05) is 24.1 Å². The second kappa shape index (κ2) is 5.79. The molecule has 0 spiro atoms. The van der Waals surface area contributed by atoms with Crippen LogP contribution in [-0.4, -0.2) is 16.5 Å². The van der Waals surface area contributed by atoms with Crippen LogP contribution in [0, 0.1) is 5.82 Å². The Hall–Kier alpha value is -1.66. The van der Waals surface area contributed by atoms with Gasteiger partial charge < -0.3 is 10.7 Å². The van der Waals surface area contributed by atoms with Gasteiger partial charge >= 0.3 is 0 Å². The Bertz CT molecular complexity index is 587. The van der Waals surface area contributed by atoms with Crippen LogP contribution in [0.4, 0.5) is 4.39 Å². The van der Waals surface area contributed by atoms with E-state index in [2.05, 4.69) is 9.97 Å². The minimum atomic E-state index is -0.305. The van der Waals surface area contributed by atoms with Crippen molar-refractivity contribution in [3.63, 3.8) is 0 Å². The normalized spacial score (nSPS) is 12.3. The van der Waals surface area contributed by atoms with E-state index in [1.807, 2.05) is 0 Å². The summed E-state index contributed by atoms with van der Waals surface area (Å²) in [6.07, 6.45) is 1.43. The van der Waals surface area contributed by atoms with Crippen LogP contribution in [0.2, 0.25) is 0 Å². The Morgan fingerprint density at radius 1 is 1.44 bits per heavy atom. The Balaban J connectivity index is 2.22. The van der Waals surface area contributed by atoms with E-state index in [1.54, 1.807) is 12.1 Å². The van der Waals surface area contributed by atoms with Gasteiger partial charge in [-0.3, -0.25) is 4.79 Å². The molecule has 0 aliphatic heterocycles. The molecule has 2 rings (SSSR count). The fourth-order valence-corrected chi connectivity index (χ4v) is 2.44. The maximum absolute atomic E-state index is 13.1. The van der Waals surface area contributed by atoms with E-state index in [9.17, 15) is 9.18 Å². The largest absolute Gasteiger partial charge is 0.329 e. The van der Waals surface area contributed by atoms with Crippen molar-refractivity contribution in [1.82, 2.24) is 9.97 Å². The van der Waals surface area contributed by atoms with E-state index in [1.165, 1.54) is 36.2 Å². The molecule has 0 radical (unpaired) electrons. The zero-order chi connectivity index (χ0) is 13.0. The van der Waals surface area contributed by atoms with Gasteiger partial charge in [0.05, 0.1) is 0 Å². The highest BCUT2D eigenvalue weighted by Gasteiger charge is 2.13. The Kier molecular flexibility index (Phi) is 4.11. The number of hydrogen-bond donors (Lipinski definition) is 2. The summed E-state index contributed by atoms with van der Waals surface area (Å²) in [5, 5.41) is 0.327. The maximum atomic E-state index is 13.1. The summed E-state index contributed by atoms with van der Waals surface area (Å²) >= 11 is 1.31. The molecule has 0 fully saturated rings. The van der Waals surface area contributed by atoms with Gasteiger partial charge in [0.15, 0.2) is 5.16 Å². The fraction of sp³-hybridized carbons (Fsp3) is 0.167. The molecule has 3 N–H and O–H groups in total. The summed E-state index contributed by atoms with van der Waals surface area (Å²) < 4.78 is 13.1. The first-order chi connectivity index (χ1) is 8.69. The number of nitrogens with two attached hydrogens (primary N) is 1. The molecule has 1 aromatic carbocycles. The molecule has 1 heterocycles. The van der Waals surface area contributed by atoms with E-state index in [-0.39, 0.29) is 16.6 Å². The van der Waals surface area contributed by atoms with Crippen LogP contribution in [0.3, 0.4) is 0 Å². The molecule has 0 amide bonds. The van der Waals surface area contributed by atoms with Crippen molar-refractivity contribution in [3.8, 4) is 0 Å². The average molecular weight is 265 g/mol. The Labute approximate surface area is 107 Å². The zero-order valence-electron chi connectivity index (χ0n) is 9.47. The van der Waals surface area contributed by atoms with Crippen LogP contribution in [0.1, 0.15) is 10.8 Å². The zero-order valence-corrected chi connectivity index (χ0v) is 10.3. The highest BCUT2D eigenvalue weighted by atomic mass is 32.2. The van der Waals surface area contributed by atoms with E-state index >= 15 is 0 Å². The molecular weight excluding hydrogens is 253 g/mol. The quantitative estimate of drug-likeness (QED) is 0.652. The van der Waals surface area contributed by atoms with Gasteiger partial charge in [-0.05, 0) is 17.7 Å². The summed E-state index contributed by atoms with van der Waals surface area (Å²) in [5.74, 6) is -0.305. The predicted molar refractivity (Wildman–Crippen MR) is 68.9 cm³/mol. The van der Waals surface area contributed by atoms with Crippen molar-refractivity contribution in [3.05, 3.63) is 58.3 Å². The Morgan fingerprint density at radius 3 is 2.94 bits per heavy atom. The predicted octanol–water partition coefficient (Wildman–Crippen LogP) is 1.70. The van der Waals surface area contributed by atoms with Crippen molar-refractivity contribution >= 4 is 11.8 Å². The third kappa shape index (κ3) is 3.18. The summed E-state index contributed by atoms with van der Waals surface area (Å²) in [7, 11) is 0. The molecule has 18 heavy (non-hydrogen) atoms. The summed E-state index contributed by atoms with van der Waals surface area (Å²) in [6.45, 7) is 0.326. The third-order valence-corrected chi connectivity index (χ3v) is 3.52. The van der Waals surface area contributed by atoms with Crippen LogP contribution in [0.5, 0.6) is 0 Å². The lowest BCUT2D eigenvalue weighted by molar-refractivity contribution is 0.625. The molecule has 1 atom stereocenters. The standard InChI is InChI=1S/C12H12FN3OS/c13-9-3-1-2-8(6-9)10(7-14)18-12-15-5-4-11(17)16-12/h1-6,10H,7,14H2,(H,15,16,17). The van der Waals surface area contributed by atoms with Gasteiger partial charge in [0.1, 0.15) is 5.82 Å². The minimum Gasteiger partial charge on any atom is -0.329 e. The van der Waals surface area contributed by atoms with Gasteiger partial charge in [-0.25, -0.2) is 9.37 Å². The highest BCUT2D eigenvalue weighted by molar-refractivity contribution is 7.99. The van der Waals surface area contributed by atoms with Crippen LogP contribution in [0.25, 0.3) is 0 Å². The SMILES string of the molecule is NCC(Sc1nccc(=O)[nH]1)c1cccc(F)c1. The number of aromatic amines is 1. The molecule has 4 nitrogen and oxygen atoms in total. The van der Waals surface area contributed by atoms with Crippen molar-refractivity contribution < 1.29 is 4.39 Å². The van der Waals surface area contributed by atoms with Gasteiger partial charge in [0.2, 0.25) is 0 Å². The van der Waals surface area contributed by atoms with Crippen molar-refractivity contribution in [1.29, 1.82) is 0 Å². The van der Waals surface area contributed by atoms with Gasteiger partial charge in [-0.2, -0.15) is 0 Å². The first-order valence-electron chi connectivity index (χ1n) is 5.36. The molecule has 1 aromatic heterocycles. The van der Waals surface area contributed by atoms with Gasteiger partial charge in [-0.1, -0.05) is 23.9 Å². The molecule has 0 aliphatic rings. The van der Waals surface area contributed by atoms with E-state index in [0.717, 1.165) is 5.56 Å². The number of nitrogens with one attached hydrogen (secondary N) is 1. The number of benzene rings is 1.